The fourth-order valence-electron chi connectivity index (χ4n) is 3.81. The molecular weight excluding hydrogens is 518 g/mol. The molecule has 2 fully saturated rings. The highest BCUT2D eigenvalue weighted by Gasteiger charge is 2.24. The summed E-state index contributed by atoms with van der Waals surface area (Å²) < 4.78 is 19.3. The molecule has 0 bridgehead atoms. The second kappa shape index (κ2) is 11.2. The second-order valence-corrected chi connectivity index (χ2v) is 8.08. The molecular formula is C20H28FIN6OS. The molecule has 0 aliphatic carbocycles. The highest BCUT2D eigenvalue weighted by atomic mass is 127. The number of rotatable bonds is 5. The van der Waals surface area contributed by atoms with Crippen LogP contribution < -0.4 is 10.6 Å². The number of aromatic nitrogens is 1. The number of nitrogens with two attached hydrogens (primary N) is 1. The van der Waals surface area contributed by atoms with Gasteiger partial charge in [0.05, 0.1) is 25.8 Å². The SMILES string of the molecule is I.NC(=NCC(c1cccc(F)c1)N1CCOCC1)N1CCN(c2nccs2)CC1. The fraction of sp³-hybridized carbons (Fsp3) is 0.500. The molecule has 164 valence electrons. The van der Waals surface area contributed by atoms with Gasteiger partial charge in [-0.2, -0.15) is 0 Å². The summed E-state index contributed by atoms with van der Waals surface area (Å²) >= 11 is 1.66. The Hall–Kier alpha value is -1.50. The van der Waals surface area contributed by atoms with Gasteiger partial charge in [0.25, 0.3) is 0 Å². The van der Waals surface area contributed by atoms with E-state index in [1.54, 1.807) is 23.5 Å². The van der Waals surface area contributed by atoms with Gasteiger partial charge < -0.3 is 20.3 Å². The molecule has 2 aliphatic heterocycles. The summed E-state index contributed by atoms with van der Waals surface area (Å²) in [6.07, 6.45) is 1.83. The van der Waals surface area contributed by atoms with Crippen LogP contribution >= 0.6 is 35.3 Å². The molecule has 3 heterocycles. The number of nitrogens with zero attached hydrogens (tertiary/aromatic N) is 5. The summed E-state index contributed by atoms with van der Waals surface area (Å²) in [6.45, 7) is 6.87. The van der Waals surface area contributed by atoms with E-state index in [0.29, 0.717) is 25.7 Å². The minimum atomic E-state index is -0.226. The lowest BCUT2D eigenvalue weighted by Gasteiger charge is -2.36. The number of guanidine groups is 1. The summed E-state index contributed by atoms with van der Waals surface area (Å²) in [5.41, 5.74) is 7.25. The Kier molecular flexibility index (Phi) is 8.66. The lowest BCUT2D eigenvalue weighted by atomic mass is 10.0. The Morgan fingerprint density at radius 3 is 2.63 bits per heavy atom. The van der Waals surface area contributed by atoms with Crippen molar-refractivity contribution in [2.75, 3.05) is 63.9 Å². The highest BCUT2D eigenvalue weighted by Crippen LogP contribution is 2.23. The number of halogens is 2. The summed E-state index contributed by atoms with van der Waals surface area (Å²) in [7, 11) is 0. The molecule has 0 spiro atoms. The van der Waals surface area contributed by atoms with Crippen molar-refractivity contribution in [2.24, 2.45) is 10.7 Å². The topological polar surface area (TPSA) is 70.2 Å². The van der Waals surface area contributed by atoms with E-state index in [9.17, 15) is 4.39 Å². The van der Waals surface area contributed by atoms with E-state index in [4.69, 9.17) is 15.5 Å². The number of anilines is 1. The molecule has 2 aliphatic rings. The molecule has 0 saturated carbocycles. The Labute approximate surface area is 197 Å². The zero-order chi connectivity index (χ0) is 20.1. The predicted octanol–water partition coefficient (Wildman–Crippen LogP) is 2.41. The van der Waals surface area contributed by atoms with Gasteiger partial charge in [-0.15, -0.1) is 35.3 Å². The van der Waals surface area contributed by atoms with Crippen LogP contribution in [-0.2, 0) is 4.74 Å². The number of piperazine rings is 1. The first-order valence-corrected chi connectivity index (χ1v) is 10.9. The van der Waals surface area contributed by atoms with Crippen LogP contribution in [0.25, 0.3) is 0 Å². The van der Waals surface area contributed by atoms with Crippen LogP contribution in [0.4, 0.5) is 9.52 Å². The number of benzene rings is 1. The average Bonchev–Trinajstić information content (AvgIpc) is 3.30. The summed E-state index contributed by atoms with van der Waals surface area (Å²) in [4.78, 5) is 15.8. The van der Waals surface area contributed by atoms with Crippen molar-refractivity contribution in [3.05, 3.63) is 47.2 Å². The minimum Gasteiger partial charge on any atom is -0.379 e. The third-order valence-corrected chi connectivity index (χ3v) is 6.27. The number of morpholine rings is 1. The third kappa shape index (κ3) is 5.80. The standard InChI is InChI=1S/C20H27FN6OS.HI/c21-17-3-1-2-16(14-17)18(25-9-11-28-12-10-25)15-24-19(22)26-5-7-27(8-6-26)20-23-4-13-29-20;/h1-4,13-14,18H,5-12,15H2,(H2,22,24);1H. The Balaban J connectivity index is 0.00000256. The molecule has 2 N–H and O–H groups in total. The Bertz CT molecular complexity index is 809. The van der Waals surface area contributed by atoms with Crippen molar-refractivity contribution in [2.45, 2.75) is 6.04 Å². The molecule has 4 rings (SSSR count). The van der Waals surface area contributed by atoms with Gasteiger partial charge in [-0.05, 0) is 17.7 Å². The second-order valence-electron chi connectivity index (χ2n) is 7.21. The minimum absolute atomic E-state index is 0. The summed E-state index contributed by atoms with van der Waals surface area (Å²) in [5, 5.41) is 3.05. The maximum absolute atomic E-state index is 13.8. The monoisotopic (exact) mass is 546 g/mol. The third-order valence-electron chi connectivity index (χ3n) is 5.44. The molecule has 1 atom stereocenters. The first kappa shape index (κ1) is 23.2. The van der Waals surface area contributed by atoms with Crippen LogP contribution in [0.2, 0.25) is 0 Å². The molecule has 1 aromatic carbocycles. The normalized spacial score (nSPS) is 19.4. The van der Waals surface area contributed by atoms with Crippen LogP contribution in [0.1, 0.15) is 11.6 Å². The Morgan fingerprint density at radius 1 is 1.20 bits per heavy atom. The number of hydrogen-bond donors (Lipinski definition) is 1. The Morgan fingerprint density at radius 2 is 1.97 bits per heavy atom. The van der Waals surface area contributed by atoms with Gasteiger partial charge in [-0.25, -0.2) is 9.37 Å². The van der Waals surface area contributed by atoms with E-state index >= 15 is 0 Å². The van der Waals surface area contributed by atoms with Gasteiger partial charge in [0.2, 0.25) is 0 Å². The van der Waals surface area contributed by atoms with Crippen LogP contribution in [0, 0.1) is 5.82 Å². The quantitative estimate of drug-likeness (QED) is 0.353. The fourth-order valence-corrected chi connectivity index (χ4v) is 4.51. The molecule has 1 unspecified atom stereocenters. The van der Waals surface area contributed by atoms with Crippen molar-refractivity contribution in [3.8, 4) is 0 Å². The summed E-state index contributed by atoms with van der Waals surface area (Å²) in [5.74, 6) is 0.328. The van der Waals surface area contributed by atoms with Crippen LogP contribution in [0.15, 0.2) is 40.8 Å². The number of thiazole rings is 1. The van der Waals surface area contributed by atoms with Gasteiger partial charge in [-0.3, -0.25) is 9.89 Å². The van der Waals surface area contributed by atoms with Gasteiger partial charge in [-0.1, -0.05) is 12.1 Å². The van der Waals surface area contributed by atoms with Crippen molar-refractivity contribution >= 4 is 46.4 Å². The number of hydrogen-bond acceptors (Lipinski definition) is 6. The van der Waals surface area contributed by atoms with Gasteiger partial charge in [0, 0.05) is 50.8 Å². The van der Waals surface area contributed by atoms with Gasteiger partial charge in [0.1, 0.15) is 5.82 Å². The maximum atomic E-state index is 13.8. The van der Waals surface area contributed by atoms with Crippen LogP contribution in [-0.4, -0.2) is 79.8 Å². The van der Waals surface area contributed by atoms with E-state index in [-0.39, 0.29) is 35.8 Å². The molecule has 10 heteroatoms. The molecule has 2 aromatic rings. The van der Waals surface area contributed by atoms with Crippen LogP contribution in [0.5, 0.6) is 0 Å². The first-order valence-electron chi connectivity index (χ1n) is 9.97. The first-order chi connectivity index (χ1) is 14.2. The molecule has 30 heavy (non-hydrogen) atoms. The number of ether oxygens (including phenoxy) is 1. The number of aliphatic imine (C=N–C) groups is 1. The zero-order valence-electron chi connectivity index (χ0n) is 16.8. The summed E-state index contributed by atoms with van der Waals surface area (Å²) in [6, 6.07) is 6.77. The lowest BCUT2D eigenvalue weighted by molar-refractivity contribution is 0.0179. The van der Waals surface area contributed by atoms with Gasteiger partial charge in [0.15, 0.2) is 11.1 Å². The van der Waals surface area contributed by atoms with E-state index in [1.165, 1.54) is 6.07 Å². The molecule has 0 amide bonds. The molecule has 7 nitrogen and oxygen atoms in total. The van der Waals surface area contributed by atoms with Crippen molar-refractivity contribution in [1.82, 2.24) is 14.8 Å². The van der Waals surface area contributed by atoms with Crippen LogP contribution in [0.3, 0.4) is 0 Å². The van der Waals surface area contributed by atoms with E-state index in [0.717, 1.165) is 50.0 Å². The molecule has 1 aromatic heterocycles. The largest absolute Gasteiger partial charge is 0.379 e. The van der Waals surface area contributed by atoms with Crippen molar-refractivity contribution in [3.63, 3.8) is 0 Å². The van der Waals surface area contributed by atoms with E-state index in [2.05, 4.69) is 19.7 Å². The lowest BCUT2D eigenvalue weighted by Crippen LogP contribution is -2.51. The molecule has 2 saturated heterocycles. The zero-order valence-corrected chi connectivity index (χ0v) is 20.0. The van der Waals surface area contributed by atoms with E-state index in [1.807, 2.05) is 17.6 Å². The van der Waals surface area contributed by atoms with E-state index < -0.39 is 0 Å². The molecule has 0 radical (unpaired) electrons. The van der Waals surface area contributed by atoms with Gasteiger partial charge >= 0.3 is 0 Å². The average molecular weight is 546 g/mol. The smallest absolute Gasteiger partial charge is 0.191 e. The van der Waals surface area contributed by atoms with Crippen molar-refractivity contribution < 1.29 is 9.13 Å². The van der Waals surface area contributed by atoms with Crippen molar-refractivity contribution in [1.29, 1.82) is 0 Å². The maximum Gasteiger partial charge on any atom is 0.191 e. The predicted molar refractivity (Wildman–Crippen MR) is 129 cm³/mol. The highest BCUT2D eigenvalue weighted by molar-refractivity contribution is 14.0.